The van der Waals surface area contributed by atoms with E-state index in [-0.39, 0.29) is 28.3 Å². The summed E-state index contributed by atoms with van der Waals surface area (Å²) in [5, 5.41) is 27.1. The average Bonchev–Trinajstić information content (AvgIpc) is 2.80. The van der Waals surface area contributed by atoms with Crippen LogP contribution in [0.4, 0.5) is 11.4 Å². The van der Waals surface area contributed by atoms with Crippen molar-refractivity contribution in [3.05, 3.63) is 93.5 Å². The SMILES string of the molecule is COc1ccc(C(=O)Nc2ccccc2C(=O)N/N=C\c2cc([N+](=O)[O-])ccc2O)cc1. The Bertz CT molecular complexity index is 1190. The third-order valence-electron chi connectivity index (χ3n) is 4.36. The number of methoxy groups -OCH3 is 1. The zero-order valence-electron chi connectivity index (χ0n) is 16.8. The van der Waals surface area contributed by atoms with Crippen molar-refractivity contribution in [2.24, 2.45) is 5.10 Å². The van der Waals surface area contributed by atoms with Crippen LogP contribution in [0, 0.1) is 10.1 Å². The van der Waals surface area contributed by atoms with E-state index in [1.807, 2.05) is 0 Å². The summed E-state index contributed by atoms with van der Waals surface area (Å²) < 4.78 is 5.07. The Morgan fingerprint density at radius 2 is 1.78 bits per heavy atom. The van der Waals surface area contributed by atoms with E-state index in [0.717, 1.165) is 24.4 Å². The van der Waals surface area contributed by atoms with Crippen LogP contribution < -0.4 is 15.5 Å². The molecule has 0 atom stereocenters. The highest BCUT2D eigenvalue weighted by Crippen LogP contribution is 2.21. The lowest BCUT2D eigenvalue weighted by molar-refractivity contribution is -0.384. The maximum Gasteiger partial charge on any atom is 0.273 e. The van der Waals surface area contributed by atoms with E-state index < -0.39 is 16.7 Å². The number of ether oxygens (including phenoxy) is 1. The molecule has 3 rings (SSSR count). The molecule has 3 N–H and O–H groups in total. The van der Waals surface area contributed by atoms with Crippen LogP contribution in [0.25, 0.3) is 0 Å². The molecular formula is C22H18N4O6. The molecule has 2 amide bonds. The fourth-order valence-corrected chi connectivity index (χ4v) is 2.71. The number of carbonyl (C=O) groups is 2. The number of phenols is 1. The second kappa shape index (κ2) is 9.85. The maximum absolute atomic E-state index is 12.6. The zero-order valence-corrected chi connectivity index (χ0v) is 16.8. The number of nitro benzene ring substituents is 1. The van der Waals surface area contributed by atoms with E-state index in [1.165, 1.54) is 13.2 Å². The molecule has 0 saturated heterocycles. The summed E-state index contributed by atoms with van der Waals surface area (Å²) in [7, 11) is 1.52. The van der Waals surface area contributed by atoms with Gasteiger partial charge >= 0.3 is 0 Å². The van der Waals surface area contributed by atoms with E-state index in [0.29, 0.717) is 11.3 Å². The molecule has 0 aromatic heterocycles. The number of nitro groups is 1. The second-order valence-electron chi connectivity index (χ2n) is 6.43. The highest BCUT2D eigenvalue weighted by Gasteiger charge is 2.14. The molecule has 0 unspecified atom stereocenters. The number of hydrogen-bond acceptors (Lipinski definition) is 7. The number of phenolic OH excluding ortho intramolecular Hbond substituents is 1. The number of carbonyl (C=O) groups excluding carboxylic acids is 2. The van der Waals surface area contributed by atoms with Crippen LogP contribution in [0.2, 0.25) is 0 Å². The molecule has 0 spiro atoms. The number of non-ortho nitro benzene ring substituents is 1. The van der Waals surface area contributed by atoms with E-state index in [4.69, 9.17) is 4.74 Å². The average molecular weight is 434 g/mol. The molecule has 10 heteroatoms. The van der Waals surface area contributed by atoms with E-state index in [2.05, 4.69) is 15.8 Å². The summed E-state index contributed by atoms with van der Waals surface area (Å²) >= 11 is 0. The standard InChI is InChI=1S/C22H18N4O6/c1-32-17-9-6-14(7-10-17)21(28)24-19-5-3-2-4-18(19)22(29)25-23-13-15-12-16(26(30)31)8-11-20(15)27/h2-13,27H,1H3,(H,24,28)(H,25,29)/b23-13-. The van der Waals surface area contributed by atoms with Crippen molar-refractivity contribution < 1.29 is 24.4 Å². The number of hydrogen-bond donors (Lipinski definition) is 3. The quantitative estimate of drug-likeness (QED) is 0.296. The summed E-state index contributed by atoms with van der Waals surface area (Å²) in [6, 6.07) is 16.2. The van der Waals surface area contributed by atoms with Gasteiger partial charge in [-0.15, -0.1) is 0 Å². The molecule has 10 nitrogen and oxygen atoms in total. The first-order valence-corrected chi connectivity index (χ1v) is 9.24. The van der Waals surface area contributed by atoms with Crippen molar-refractivity contribution in [1.29, 1.82) is 0 Å². The summed E-state index contributed by atoms with van der Waals surface area (Å²) in [6.45, 7) is 0. The van der Waals surface area contributed by atoms with Gasteiger partial charge in [-0.3, -0.25) is 19.7 Å². The number of hydrazone groups is 1. The molecule has 162 valence electrons. The van der Waals surface area contributed by atoms with Crippen LogP contribution in [0.5, 0.6) is 11.5 Å². The Labute approximate surface area is 182 Å². The smallest absolute Gasteiger partial charge is 0.273 e. The Hall–Kier alpha value is -4.73. The van der Waals surface area contributed by atoms with Crippen molar-refractivity contribution in [3.63, 3.8) is 0 Å². The van der Waals surface area contributed by atoms with Gasteiger partial charge in [-0.2, -0.15) is 5.10 Å². The fraction of sp³-hybridized carbons (Fsp3) is 0.0455. The van der Waals surface area contributed by atoms with Crippen LogP contribution in [0.15, 0.2) is 71.8 Å². The molecule has 0 heterocycles. The molecule has 0 aliphatic heterocycles. The number of rotatable bonds is 7. The van der Waals surface area contributed by atoms with Crippen molar-refractivity contribution >= 4 is 29.4 Å². The van der Waals surface area contributed by atoms with Crippen LogP contribution >= 0.6 is 0 Å². The number of benzene rings is 3. The fourth-order valence-electron chi connectivity index (χ4n) is 2.71. The van der Waals surface area contributed by atoms with E-state index in [9.17, 15) is 24.8 Å². The Balaban J connectivity index is 1.73. The number of aromatic hydroxyl groups is 1. The predicted molar refractivity (Wildman–Crippen MR) is 117 cm³/mol. The molecule has 3 aromatic rings. The number of para-hydroxylation sites is 1. The number of nitrogens with one attached hydrogen (secondary N) is 2. The van der Waals surface area contributed by atoms with Gasteiger partial charge in [-0.25, -0.2) is 5.43 Å². The monoisotopic (exact) mass is 434 g/mol. The molecular weight excluding hydrogens is 416 g/mol. The highest BCUT2D eigenvalue weighted by atomic mass is 16.6. The van der Waals surface area contributed by atoms with E-state index >= 15 is 0 Å². The number of anilines is 1. The molecule has 0 saturated carbocycles. The Morgan fingerprint density at radius 3 is 2.47 bits per heavy atom. The second-order valence-corrected chi connectivity index (χ2v) is 6.43. The van der Waals surface area contributed by atoms with Gasteiger partial charge in [0.05, 0.1) is 29.5 Å². The van der Waals surface area contributed by atoms with Crippen molar-refractivity contribution in [2.45, 2.75) is 0 Å². The zero-order chi connectivity index (χ0) is 23.1. The Morgan fingerprint density at radius 1 is 1.06 bits per heavy atom. The van der Waals surface area contributed by atoms with Gasteiger partial charge in [0, 0.05) is 23.3 Å². The molecule has 0 bridgehead atoms. The molecule has 3 aromatic carbocycles. The van der Waals surface area contributed by atoms with Gasteiger partial charge in [0.1, 0.15) is 11.5 Å². The minimum Gasteiger partial charge on any atom is -0.507 e. The number of nitrogens with zero attached hydrogens (tertiary/aromatic N) is 2. The van der Waals surface area contributed by atoms with Crippen LogP contribution in [-0.4, -0.2) is 35.2 Å². The largest absolute Gasteiger partial charge is 0.507 e. The van der Waals surface area contributed by atoms with E-state index in [1.54, 1.807) is 42.5 Å². The summed E-state index contributed by atoms with van der Waals surface area (Å²) in [4.78, 5) is 35.3. The van der Waals surface area contributed by atoms with Crippen molar-refractivity contribution in [2.75, 3.05) is 12.4 Å². The van der Waals surface area contributed by atoms with Gasteiger partial charge in [0.25, 0.3) is 17.5 Å². The third-order valence-corrected chi connectivity index (χ3v) is 4.36. The van der Waals surface area contributed by atoms with Gasteiger partial charge in [0.2, 0.25) is 0 Å². The molecule has 0 aliphatic rings. The minimum absolute atomic E-state index is 0.0561. The first kappa shape index (κ1) is 22.0. The van der Waals surface area contributed by atoms with Crippen molar-refractivity contribution in [1.82, 2.24) is 5.43 Å². The summed E-state index contributed by atoms with van der Waals surface area (Å²) in [5.74, 6) is -0.676. The Kier molecular flexibility index (Phi) is 6.76. The highest BCUT2D eigenvalue weighted by molar-refractivity contribution is 6.09. The minimum atomic E-state index is -0.628. The lowest BCUT2D eigenvalue weighted by atomic mass is 10.1. The summed E-state index contributed by atoms with van der Waals surface area (Å²) in [5.41, 5.74) is 2.88. The lowest BCUT2D eigenvalue weighted by Crippen LogP contribution is -2.21. The predicted octanol–water partition coefficient (Wildman–Crippen LogP) is 3.33. The van der Waals surface area contributed by atoms with Crippen LogP contribution in [0.3, 0.4) is 0 Å². The van der Waals surface area contributed by atoms with Crippen LogP contribution in [0.1, 0.15) is 26.3 Å². The first-order chi connectivity index (χ1) is 15.4. The molecule has 0 aliphatic carbocycles. The number of amides is 2. The normalized spacial score (nSPS) is 10.5. The summed E-state index contributed by atoms with van der Waals surface area (Å²) in [6.07, 6.45) is 1.08. The van der Waals surface area contributed by atoms with Crippen LogP contribution in [-0.2, 0) is 0 Å². The van der Waals surface area contributed by atoms with Gasteiger partial charge in [-0.05, 0) is 42.5 Å². The molecule has 0 radical (unpaired) electrons. The van der Waals surface area contributed by atoms with Gasteiger partial charge in [0.15, 0.2) is 0 Å². The lowest BCUT2D eigenvalue weighted by Gasteiger charge is -2.10. The topological polar surface area (TPSA) is 143 Å². The van der Waals surface area contributed by atoms with Gasteiger partial charge in [-0.1, -0.05) is 12.1 Å². The maximum atomic E-state index is 12.6. The van der Waals surface area contributed by atoms with Gasteiger partial charge < -0.3 is 15.2 Å². The molecule has 32 heavy (non-hydrogen) atoms. The first-order valence-electron chi connectivity index (χ1n) is 9.24. The third kappa shape index (κ3) is 5.25. The molecule has 0 fully saturated rings. The van der Waals surface area contributed by atoms with Crippen molar-refractivity contribution in [3.8, 4) is 11.5 Å².